The Bertz CT molecular complexity index is 587. The van der Waals surface area contributed by atoms with E-state index < -0.39 is 5.97 Å². The maximum absolute atomic E-state index is 10.9. The van der Waals surface area contributed by atoms with Gasteiger partial charge in [0.2, 0.25) is 0 Å². The molecule has 1 aromatic carbocycles. The molecular formula is C14H13BrN2O2. The molecule has 0 bridgehead atoms. The molecule has 2 rings (SSSR count). The second kappa shape index (κ2) is 5.84. The van der Waals surface area contributed by atoms with Gasteiger partial charge >= 0.3 is 5.97 Å². The van der Waals surface area contributed by atoms with Crippen molar-refractivity contribution >= 4 is 27.6 Å². The minimum atomic E-state index is -0.929. The highest BCUT2D eigenvalue weighted by molar-refractivity contribution is 9.10. The second-order valence-electron chi connectivity index (χ2n) is 4.19. The fourth-order valence-corrected chi connectivity index (χ4v) is 2.48. The van der Waals surface area contributed by atoms with Gasteiger partial charge in [-0.2, -0.15) is 0 Å². The van der Waals surface area contributed by atoms with Crippen molar-refractivity contribution in [1.29, 1.82) is 0 Å². The molecule has 1 heterocycles. The summed E-state index contributed by atoms with van der Waals surface area (Å²) in [6.07, 6.45) is 3.55. The monoisotopic (exact) mass is 320 g/mol. The van der Waals surface area contributed by atoms with E-state index in [1.807, 2.05) is 30.3 Å². The average molecular weight is 321 g/mol. The number of aromatic nitrogens is 1. The molecule has 19 heavy (non-hydrogen) atoms. The molecule has 0 unspecified atom stereocenters. The summed E-state index contributed by atoms with van der Waals surface area (Å²) in [6.45, 7) is 0.707. The summed E-state index contributed by atoms with van der Waals surface area (Å²) >= 11 is 3.41. The van der Waals surface area contributed by atoms with Gasteiger partial charge < -0.3 is 10.0 Å². The van der Waals surface area contributed by atoms with E-state index in [1.165, 1.54) is 0 Å². The number of pyridine rings is 1. The minimum Gasteiger partial charge on any atom is -0.478 e. The van der Waals surface area contributed by atoms with E-state index in [0.29, 0.717) is 6.54 Å². The number of benzene rings is 1. The first-order chi connectivity index (χ1) is 9.08. The fourth-order valence-electron chi connectivity index (χ4n) is 1.80. The van der Waals surface area contributed by atoms with Crippen LogP contribution in [0.3, 0.4) is 0 Å². The lowest BCUT2D eigenvalue weighted by atomic mass is 10.2. The van der Waals surface area contributed by atoms with Gasteiger partial charge in [-0.05, 0) is 45.8 Å². The van der Waals surface area contributed by atoms with Crippen molar-refractivity contribution in [1.82, 2.24) is 4.98 Å². The number of carbonyl (C=O) groups is 1. The summed E-state index contributed by atoms with van der Waals surface area (Å²) in [5, 5.41) is 8.93. The Kier molecular flexibility index (Phi) is 4.16. The van der Waals surface area contributed by atoms with Gasteiger partial charge in [-0.1, -0.05) is 6.07 Å². The van der Waals surface area contributed by atoms with Crippen LogP contribution in [0.2, 0.25) is 0 Å². The molecule has 2 aromatic rings. The molecule has 0 saturated carbocycles. The molecule has 0 fully saturated rings. The average Bonchev–Trinajstić information content (AvgIpc) is 2.39. The van der Waals surface area contributed by atoms with Crippen molar-refractivity contribution < 1.29 is 9.90 Å². The van der Waals surface area contributed by atoms with E-state index in [0.717, 1.165) is 15.7 Å². The Hall–Kier alpha value is -1.88. The lowest BCUT2D eigenvalue weighted by Crippen LogP contribution is -2.17. The van der Waals surface area contributed by atoms with Crippen molar-refractivity contribution in [3.8, 4) is 0 Å². The van der Waals surface area contributed by atoms with Crippen molar-refractivity contribution in [3.05, 3.63) is 58.3 Å². The maximum atomic E-state index is 10.9. The first-order valence-electron chi connectivity index (χ1n) is 5.71. The summed E-state index contributed by atoms with van der Waals surface area (Å²) in [4.78, 5) is 17.0. The van der Waals surface area contributed by atoms with Gasteiger partial charge in [0.05, 0.1) is 11.3 Å². The number of nitrogens with zero attached hydrogens (tertiary/aromatic N) is 2. The summed E-state index contributed by atoms with van der Waals surface area (Å²) < 4.78 is 0.763. The summed E-state index contributed by atoms with van der Waals surface area (Å²) in [7, 11) is 1.95. The molecule has 1 aromatic heterocycles. The van der Waals surface area contributed by atoms with Crippen LogP contribution < -0.4 is 4.90 Å². The van der Waals surface area contributed by atoms with Gasteiger partial charge in [-0.25, -0.2) is 4.79 Å². The third-order valence-corrected chi connectivity index (χ3v) is 3.38. The molecule has 0 aliphatic rings. The van der Waals surface area contributed by atoms with E-state index in [1.54, 1.807) is 24.4 Å². The highest BCUT2D eigenvalue weighted by atomic mass is 79.9. The van der Waals surface area contributed by atoms with Crippen LogP contribution in [-0.4, -0.2) is 23.1 Å². The van der Waals surface area contributed by atoms with E-state index >= 15 is 0 Å². The molecule has 0 aliphatic carbocycles. The van der Waals surface area contributed by atoms with Crippen LogP contribution in [0.5, 0.6) is 0 Å². The summed E-state index contributed by atoms with van der Waals surface area (Å²) in [5.74, 6) is -0.929. The fraction of sp³-hybridized carbons (Fsp3) is 0.143. The molecule has 5 heteroatoms. The van der Waals surface area contributed by atoms with E-state index in [4.69, 9.17) is 5.11 Å². The number of aromatic carboxylic acids is 1. The first-order valence-corrected chi connectivity index (χ1v) is 6.50. The molecule has 0 amide bonds. The highest BCUT2D eigenvalue weighted by Crippen LogP contribution is 2.27. The highest BCUT2D eigenvalue weighted by Gasteiger charge is 2.10. The smallest absolute Gasteiger partial charge is 0.335 e. The van der Waals surface area contributed by atoms with Crippen molar-refractivity contribution in [3.63, 3.8) is 0 Å². The lowest BCUT2D eigenvalue weighted by Gasteiger charge is -2.21. The Morgan fingerprint density at radius 1 is 1.42 bits per heavy atom. The number of carboxylic acid groups (broad SMARTS) is 1. The number of anilines is 1. The van der Waals surface area contributed by atoms with Gasteiger partial charge in [-0.3, -0.25) is 4.98 Å². The summed E-state index contributed by atoms with van der Waals surface area (Å²) in [5.41, 5.74) is 2.30. The first kappa shape index (κ1) is 13.5. The van der Waals surface area contributed by atoms with Crippen LogP contribution in [0.25, 0.3) is 0 Å². The zero-order chi connectivity index (χ0) is 13.8. The zero-order valence-corrected chi connectivity index (χ0v) is 12.0. The van der Waals surface area contributed by atoms with E-state index in [9.17, 15) is 4.79 Å². The summed E-state index contributed by atoms with van der Waals surface area (Å²) in [6, 6.07) is 8.90. The minimum absolute atomic E-state index is 0.269. The number of halogens is 1. The van der Waals surface area contributed by atoms with Crippen LogP contribution in [0.15, 0.2) is 47.2 Å². The van der Waals surface area contributed by atoms with Gasteiger partial charge in [0.1, 0.15) is 0 Å². The van der Waals surface area contributed by atoms with Gasteiger partial charge in [0, 0.05) is 30.5 Å². The topological polar surface area (TPSA) is 53.4 Å². The Morgan fingerprint density at radius 2 is 2.21 bits per heavy atom. The molecule has 0 atom stereocenters. The van der Waals surface area contributed by atoms with Crippen molar-refractivity contribution in [2.45, 2.75) is 6.54 Å². The van der Waals surface area contributed by atoms with Gasteiger partial charge in [-0.15, -0.1) is 0 Å². The lowest BCUT2D eigenvalue weighted by molar-refractivity contribution is 0.0697. The van der Waals surface area contributed by atoms with E-state index in [-0.39, 0.29) is 5.56 Å². The number of hydrogen-bond acceptors (Lipinski definition) is 3. The standard InChI is InChI=1S/C14H13BrN2O2/c1-17(9-10-3-2-6-16-8-10)13-5-4-11(14(18)19)7-12(13)15/h2-8H,9H2,1H3,(H,18,19). The quantitative estimate of drug-likeness (QED) is 0.940. The van der Waals surface area contributed by atoms with Crippen molar-refractivity contribution in [2.24, 2.45) is 0 Å². The molecule has 0 spiro atoms. The molecule has 98 valence electrons. The van der Waals surface area contributed by atoms with Crippen LogP contribution in [0, 0.1) is 0 Å². The Morgan fingerprint density at radius 3 is 2.79 bits per heavy atom. The normalized spacial score (nSPS) is 10.2. The maximum Gasteiger partial charge on any atom is 0.335 e. The Labute approximate surface area is 119 Å². The van der Waals surface area contributed by atoms with E-state index in [2.05, 4.69) is 20.9 Å². The number of carboxylic acids is 1. The van der Waals surface area contributed by atoms with Gasteiger partial charge in [0.15, 0.2) is 0 Å². The predicted molar refractivity (Wildman–Crippen MR) is 77.4 cm³/mol. The SMILES string of the molecule is CN(Cc1cccnc1)c1ccc(C(=O)O)cc1Br. The number of rotatable bonds is 4. The zero-order valence-electron chi connectivity index (χ0n) is 10.4. The van der Waals surface area contributed by atoms with Crippen LogP contribution >= 0.6 is 15.9 Å². The third kappa shape index (κ3) is 3.32. The van der Waals surface area contributed by atoms with Crippen LogP contribution in [-0.2, 0) is 6.54 Å². The van der Waals surface area contributed by atoms with Crippen LogP contribution in [0.4, 0.5) is 5.69 Å². The molecule has 0 aliphatic heterocycles. The van der Waals surface area contributed by atoms with Crippen molar-refractivity contribution in [2.75, 3.05) is 11.9 Å². The largest absolute Gasteiger partial charge is 0.478 e. The molecule has 1 N–H and O–H groups in total. The Balaban J connectivity index is 2.20. The molecule has 0 saturated heterocycles. The predicted octanol–water partition coefficient (Wildman–Crippen LogP) is 3.18. The molecular weight excluding hydrogens is 308 g/mol. The third-order valence-electron chi connectivity index (χ3n) is 2.75. The van der Waals surface area contributed by atoms with Crippen LogP contribution in [0.1, 0.15) is 15.9 Å². The number of hydrogen-bond donors (Lipinski definition) is 1. The second-order valence-corrected chi connectivity index (χ2v) is 5.04. The molecule has 4 nitrogen and oxygen atoms in total. The molecule has 0 radical (unpaired) electrons. The van der Waals surface area contributed by atoms with Gasteiger partial charge in [0.25, 0.3) is 0 Å².